The first-order valence-electron chi connectivity index (χ1n) is 6.58. The van der Waals surface area contributed by atoms with Crippen LogP contribution in [0.5, 0.6) is 5.75 Å². The summed E-state index contributed by atoms with van der Waals surface area (Å²) in [6, 6.07) is 3.68. The van der Waals surface area contributed by atoms with E-state index in [1.165, 1.54) is 0 Å². The Morgan fingerprint density at radius 3 is 2.95 bits per heavy atom. The standard InChI is InChI=1S/C14H16ClN3O3/c1-14(2,19)12-6-18(17-16-12)5-9-3-11(15)4-10-7-20-8-21-13(9)10/h3-4,6,19H,5,7-8H2,1-2H3. The smallest absolute Gasteiger partial charge is 0.189 e. The minimum Gasteiger partial charge on any atom is -0.467 e. The molecule has 2 aromatic rings. The third-order valence-electron chi connectivity index (χ3n) is 3.25. The molecule has 1 aromatic heterocycles. The van der Waals surface area contributed by atoms with Crippen LogP contribution in [0.15, 0.2) is 18.3 Å². The molecule has 2 heterocycles. The largest absolute Gasteiger partial charge is 0.467 e. The van der Waals surface area contributed by atoms with Gasteiger partial charge in [-0.25, -0.2) is 4.68 Å². The SMILES string of the molecule is CC(C)(O)c1cn(Cc2cc(Cl)cc3c2OCOC3)nn1. The summed E-state index contributed by atoms with van der Waals surface area (Å²) in [5, 5.41) is 18.6. The van der Waals surface area contributed by atoms with E-state index in [1.807, 2.05) is 12.1 Å². The zero-order chi connectivity index (χ0) is 15.0. The van der Waals surface area contributed by atoms with Crippen molar-refractivity contribution in [2.45, 2.75) is 32.6 Å². The molecule has 1 aromatic carbocycles. The van der Waals surface area contributed by atoms with Crippen molar-refractivity contribution < 1.29 is 14.6 Å². The number of rotatable bonds is 3. The summed E-state index contributed by atoms with van der Waals surface area (Å²) in [5.41, 5.74) is 1.33. The Hall–Kier alpha value is -1.63. The van der Waals surface area contributed by atoms with E-state index < -0.39 is 5.60 Å². The lowest BCUT2D eigenvalue weighted by Crippen LogP contribution is -2.16. The number of nitrogens with zero attached hydrogens (tertiary/aromatic N) is 3. The molecule has 0 bridgehead atoms. The van der Waals surface area contributed by atoms with E-state index in [1.54, 1.807) is 24.7 Å². The fourth-order valence-corrected chi connectivity index (χ4v) is 2.47. The van der Waals surface area contributed by atoms with E-state index in [9.17, 15) is 5.11 Å². The Kier molecular flexibility index (Phi) is 3.61. The van der Waals surface area contributed by atoms with Crippen molar-refractivity contribution in [1.82, 2.24) is 15.0 Å². The van der Waals surface area contributed by atoms with E-state index >= 15 is 0 Å². The molecule has 0 saturated heterocycles. The highest BCUT2D eigenvalue weighted by atomic mass is 35.5. The maximum absolute atomic E-state index is 9.93. The second-order valence-corrected chi connectivity index (χ2v) is 5.96. The number of hydrogen-bond donors (Lipinski definition) is 1. The lowest BCUT2D eigenvalue weighted by molar-refractivity contribution is -0.0171. The number of hydrogen-bond acceptors (Lipinski definition) is 5. The summed E-state index contributed by atoms with van der Waals surface area (Å²) in [5.74, 6) is 0.783. The molecule has 21 heavy (non-hydrogen) atoms. The fourth-order valence-electron chi connectivity index (χ4n) is 2.20. The average molecular weight is 310 g/mol. The summed E-state index contributed by atoms with van der Waals surface area (Å²) in [7, 11) is 0. The first-order chi connectivity index (χ1) is 9.93. The number of aliphatic hydroxyl groups is 1. The maximum Gasteiger partial charge on any atom is 0.189 e. The predicted octanol–water partition coefficient (Wildman–Crippen LogP) is 2.07. The predicted molar refractivity (Wildman–Crippen MR) is 76.1 cm³/mol. The van der Waals surface area contributed by atoms with Gasteiger partial charge in [-0.2, -0.15) is 0 Å². The molecule has 0 radical (unpaired) electrons. The van der Waals surface area contributed by atoms with E-state index in [-0.39, 0.29) is 6.79 Å². The van der Waals surface area contributed by atoms with E-state index in [0.29, 0.717) is 23.9 Å². The highest BCUT2D eigenvalue weighted by Crippen LogP contribution is 2.32. The average Bonchev–Trinajstić information content (AvgIpc) is 2.87. The Morgan fingerprint density at radius 1 is 1.43 bits per heavy atom. The van der Waals surface area contributed by atoms with Crippen LogP contribution in [0.4, 0.5) is 0 Å². The molecule has 0 spiro atoms. The van der Waals surface area contributed by atoms with Crippen LogP contribution in [-0.2, 0) is 23.5 Å². The van der Waals surface area contributed by atoms with Crippen LogP contribution in [0.2, 0.25) is 5.02 Å². The molecular formula is C14H16ClN3O3. The second-order valence-electron chi connectivity index (χ2n) is 5.52. The summed E-state index contributed by atoms with van der Waals surface area (Å²) in [4.78, 5) is 0. The molecule has 0 amide bonds. The maximum atomic E-state index is 9.93. The molecule has 6 nitrogen and oxygen atoms in total. The molecule has 0 atom stereocenters. The second kappa shape index (κ2) is 5.29. The monoisotopic (exact) mass is 309 g/mol. The number of aromatic nitrogens is 3. The number of benzene rings is 1. The van der Waals surface area contributed by atoms with E-state index in [4.69, 9.17) is 21.1 Å². The number of fused-ring (bicyclic) bond motifs is 1. The van der Waals surface area contributed by atoms with Crippen LogP contribution in [0.25, 0.3) is 0 Å². The lowest BCUT2D eigenvalue weighted by atomic mass is 10.1. The van der Waals surface area contributed by atoms with Crippen molar-refractivity contribution in [2.24, 2.45) is 0 Å². The number of halogens is 1. The van der Waals surface area contributed by atoms with Gasteiger partial charge in [0.2, 0.25) is 0 Å². The van der Waals surface area contributed by atoms with Gasteiger partial charge in [0.1, 0.15) is 17.0 Å². The van der Waals surface area contributed by atoms with Crippen molar-refractivity contribution >= 4 is 11.6 Å². The molecule has 1 N–H and O–H groups in total. The summed E-state index contributed by atoms with van der Waals surface area (Å²) in [6.07, 6.45) is 1.71. The van der Waals surface area contributed by atoms with E-state index in [0.717, 1.165) is 16.9 Å². The highest BCUT2D eigenvalue weighted by Gasteiger charge is 2.21. The minimum absolute atomic E-state index is 0.230. The highest BCUT2D eigenvalue weighted by molar-refractivity contribution is 6.30. The molecular weight excluding hydrogens is 294 g/mol. The molecule has 0 aliphatic carbocycles. The first kappa shape index (κ1) is 14.3. The lowest BCUT2D eigenvalue weighted by Gasteiger charge is -2.21. The van der Waals surface area contributed by atoms with Crippen molar-refractivity contribution in [2.75, 3.05) is 6.79 Å². The molecule has 1 aliphatic rings. The molecule has 0 saturated carbocycles. The zero-order valence-electron chi connectivity index (χ0n) is 11.8. The van der Waals surface area contributed by atoms with Crippen LogP contribution < -0.4 is 4.74 Å². The van der Waals surface area contributed by atoms with Gasteiger partial charge in [0.05, 0.1) is 19.3 Å². The topological polar surface area (TPSA) is 69.4 Å². The normalized spacial score (nSPS) is 14.7. The van der Waals surface area contributed by atoms with Gasteiger partial charge in [-0.15, -0.1) is 5.10 Å². The minimum atomic E-state index is -1.02. The van der Waals surface area contributed by atoms with Crippen molar-refractivity contribution in [3.05, 3.63) is 40.2 Å². The van der Waals surface area contributed by atoms with Gasteiger partial charge in [0.25, 0.3) is 0 Å². The molecule has 112 valence electrons. The van der Waals surface area contributed by atoms with Gasteiger partial charge < -0.3 is 14.6 Å². The quantitative estimate of drug-likeness (QED) is 0.940. The third-order valence-corrected chi connectivity index (χ3v) is 3.47. The Labute approximate surface area is 127 Å². The van der Waals surface area contributed by atoms with E-state index in [2.05, 4.69) is 10.3 Å². The number of ether oxygens (including phenoxy) is 2. The Morgan fingerprint density at radius 2 is 2.24 bits per heavy atom. The first-order valence-corrected chi connectivity index (χ1v) is 6.96. The van der Waals surface area contributed by atoms with Crippen LogP contribution in [0, 0.1) is 0 Å². The van der Waals surface area contributed by atoms with Gasteiger partial charge in [-0.05, 0) is 26.0 Å². The van der Waals surface area contributed by atoms with Crippen LogP contribution in [0.3, 0.4) is 0 Å². The Bertz CT molecular complexity index is 664. The van der Waals surface area contributed by atoms with Crippen molar-refractivity contribution in [3.8, 4) is 5.75 Å². The molecule has 1 aliphatic heterocycles. The zero-order valence-corrected chi connectivity index (χ0v) is 12.6. The molecule has 3 rings (SSSR count). The summed E-state index contributed by atoms with van der Waals surface area (Å²) < 4.78 is 12.5. The molecule has 7 heteroatoms. The van der Waals surface area contributed by atoms with Crippen molar-refractivity contribution in [1.29, 1.82) is 0 Å². The molecule has 0 unspecified atom stereocenters. The third kappa shape index (κ3) is 3.02. The fraction of sp³-hybridized carbons (Fsp3) is 0.429. The van der Waals surface area contributed by atoms with Gasteiger partial charge >= 0.3 is 0 Å². The summed E-state index contributed by atoms with van der Waals surface area (Å²) in [6.45, 7) is 4.52. The van der Waals surface area contributed by atoms with Gasteiger partial charge in [0, 0.05) is 16.1 Å². The van der Waals surface area contributed by atoms with Crippen LogP contribution in [-0.4, -0.2) is 26.9 Å². The van der Waals surface area contributed by atoms with Crippen molar-refractivity contribution in [3.63, 3.8) is 0 Å². The Balaban J connectivity index is 1.91. The van der Waals surface area contributed by atoms with Gasteiger partial charge in [0.15, 0.2) is 6.79 Å². The summed E-state index contributed by atoms with van der Waals surface area (Å²) >= 11 is 6.13. The van der Waals surface area contributed by atoms with Crippen LogP contribution in [0.1, 0.15) is 30.7 Å². The van der Waals surface area contributed by atoms with Gasteiger partial charge in [-0.3, -0.25) is 0 Å². The molecule has 0 fully saturated rings. The van der Waals surface area contributed by atoms with Crippen LogP contribution >= 0.6 is 11.6 Å². The van der Waals surface area contributed by atoms with Gasteiger partial charge in [-0.1, -0.05) is 16.8 Å².